The summed E-state index contributed by atoms with van der Waals surface area (Å²) in [5.74, 6) is 0.362. The largest absolute Gasteiger partial charge is 0.357 e. The Morgan fingerprint density at radius 3 is 2.85 bits per heavy atom. The van der Waals surface area contributed by atoms with E-state index in [0.717, 1.165) is 29.6 Å². The average Bonchev–Trinajstić information content (AvgIpc) is 3.27. The maximum Gasteiger partial charge on any atom is 0.256 e. The quantitative estimate of drug-likeness (QED) is 0.649. The minimum atomic E-state index is -0.178. The van der Waals surface area contributed by atoms with Crippen molar-refractivity contribution in [3.63, 3.8) is 0 Å². The highest BCUT2D eigenvalue weighted by atomic mass is 16.1. The molecule has 1 aliphatic rings. The Bertz CT molecular complexity index is 947. The molecule has 0 radical (unpaired) electrons. The molecule has 0 unspecified atom stereocenters. The molecule has 3 aromatic rings. The number of nitrogens with two attached hydrogens (primary N) is 1. The van der Waals surface area contributed by atoms with Gasteiger partial charge in [-0.15, -0.1) is 0 Å². The molecule has 6 nitrogen and oxygen atoms in total. The van der Waals surface area contributed by atoms with Gasteiger partial charge in [0, 0.05) is 48.0 Å². The molecule has 1 aromatic carbocycles. The van der Waals surface area contributed by atoms with Crippen LogP contribution in [0.5, 0.6) is 0 Å². The summed E-state index contributed by atoms with van der Waals surface area (Å²) < 4.78 is 0. The molecule has 1 fully saturated rings. The van der Waals surface area contributed by atoms with Crippen molar-refractivity contribution in [2.24, 2.45) is 5.73 Å². The second-order valence-corrected chi connectivity index (χ2v) is 7.27. The van der Waals surface area contributed by atoms with Crippen LogP contribution in [0.2, 0.25) is 0 Å². The number of hydrogen-bond acceptors (Lipinski definition) is 4. The minimum absolute atomic E-state index is 0.178. The van der Waals surface area contributed by atoms with Crippen molar-refractivity contribution in [2.45, 2.75) is 38.9 Å². The van der Waals surface area contributed by atoms with Crippen LogP contribution in [0.4, 0.5) is 5.82 Å². The first-order valence-corrected chi connectivity index (χ1v) is 9.44. The van der Waals surface area contributed by atoms with E-state index >= 15 is 0 Å². The van der Waals surface area contributed by atoms with E-state index in [9.17, 15) is 4.79 Å². The number of aromatic amines is 1. The number of amides is 1. The van der Waals surface area contributed by atoms with Gasteiger partial charge in [0.15, 0.2) is 0 Å². The van der Waals surface area contributed by atoms with E-state index in [1.807, 2.05) is 18.2 Å². The summed E-state index contributed by atoms with van der Waals surface area (Å²) in [4.78, 5) is 22.8. The van der Waals surface area contributed by atoms with Crippen LogP contribution in [0.3, 0.4) is 0 Å². The molecule has 4 N–H and O–H groups in total. The number of aromatic nitrogens is 2. The molecule has 1 atom stereocenters. The summed E-state index contributed by atoms with van der Waals surface area (Å²) in [5, 5.41) is 3.92. The molecule has 2 aromatic heterocycles. The van der Waals surface area contributed by atoms with Crippen molar-refractivity contribution < 1.29 is 4.79 Å². The fraction of sp³-hybridized carbons (Fsp3) is 0.333. The highest BCUT2D eigenvalue weighted by Gasteiger charge is 2.20. The van der Waals surface area contributed by atoms with Crippen LogP contribution in [0.25, 0.3) is 10.9 Å². The topological polar surface area (TPSA) is 87.0 Å². The van der Waals surface area contributed by atoms with Crippen molar-refractivity contribution in [2.75, 3.05) is 11.9 Å². The van der Waals surface area contributed by atoms with Crippen molar-refractivity contribution in [3.05, 3.63) is 59.4 Å². The number of H-pyrrole nitrogens is 1. The predicted octanol–water partition coefficient (Wildman–Crippen LogP) is 3.26. The van der Waals surface area contributed by atoms with Crippen LogP contribution in [0, 0.1) is 0 Å². The van der Waals surface area contributed by atoms with Gasteiger partial charge in [0.05, 0.1) is 5.52 Å². The zero-order valence-electron chi connectivity index (χ0n) is 15.5. The first-order chi connectivity index (χ1) is 13.1. The lowest BCUT2D eigenvalue weighted by molar-refractivity contribution is 0.102. The van der Waals surface area contributed by atoms with Gasteiger partial charge in [-0.1, -0.05) is 12.1 Å². The van der Waals surface area contributed by atoms with Gasteiger partial charge in [-0.05, 0) is 50.1 Å². The van der Waals surface area contributed by atoms with Crippen LogP contribution >= 0.6 is 0 Å². The molecule has 6 heteroatoms. The third kappa shape index (κ3) is 3.86. The van der Waals surface area contributed by atoms with E-state index in [4.69, 9.17) is 5.73 Å². The van der Waals surface area contributed by atoms with Crippen molar-refractivity contribution in [1.82, 2.24) is 14.9 Å². The monoisotopic (exact) mass is 363 g/mol. The fourth-order valence-corrected chi connectivity index (χ4v) is 3.67. The lowest BCUT2D eigenvalue weighted by Gasteiger charge is -2.19. The van der Waals surface area contributed by atoms with E-state index in [1.54, 1.807) is 18.3 Å². The van der Waals surface area contributed by atoms with E-state index in [2.05, 4.69) is 33.2 Å². The van der Waals surface area contributed by atoms with Crippen molar-refractivity contribution in [1.29, 1.82) is 0 Å². The number of benzene rings is 1. The van der Waals surface area contributed by atoms with Gasteiger partial charge in [0.1, 0.15) is 5.82 Å². The van der Waals surface area contributed by atoms with E-state index in [0.29, 0.717) is 24.0 Å². The third-order valence-corrected chi connectivity index (χ3v) is 5.32. The summed E-state index contributed by atoms with van der Waals surface area (Å²) in [5.41, 5.74) is 9.35. The molecule has 4 rings (SSSR count). The summed E-state index contributed by atoms with van der Waals surface area (Å²) in [6, 6.07) is 11.9. The molecule has 0 saturated carbocycles. The standard InChI is InChI=1S/C21H25N5O/c1-14-3-2-8-26(14)13-18-9-17-12-23-20(10-19(17)24-18)25-21(27)16-6-4-15(11-22)5-7-16/h4-7,9-10,12,14,24H,2-3,8,11,13,22H2,1H3,(H,23,25,27)/t14-/m0/s1. The predicted molar refractivity (Wildman–Crippen MR) is 107 cm³/mol. The van der Waals surface area contributed by atoms with E-state index in [-0.39, 0.29) is 5.91 Å². The zero-order chi connectivity index (χ0) is 18.8. The molecule has 140 valence electrons. The summed E-state index contributed by atoms with van der Waals surface area (Å²) in [6.45, 7) is 4.82. The molecule has 1 amide bonds. The smallest absolute Gasteiger partial charge is 0.256 e. The number of pyridine rings is 1. The maximum absolute atomic E-state index is 12.4. The normalized spacial score (nSPS) is 17.5. The second kappa shape index (κ2) is 7.50. The first kappa shape index (κ1) is 17.7. The molecule has 0 aliphatic carbocycles. The lowest BCUT2D eigenvalue weighted by Crippen LogP contribution is -2.26. The minimum Gasteiger partial charge on any atom is -0.357 e. The average molecular weight is 363 g/mol. The summed E-state index contributed by atoms with van der Waals surface area (Å²) >= 11 is 0. The Morgan fingerprint density at radius 1 is 1.33 bits per heavy atom. The molecule has 3 heterocycles. The molecule has 27 heavy (non-hydrogen) atoms. The van der Waals surface area contributed by atoms with Crippen molar-refractivity contribution >= 4 is 22.6 Å². The fourth-order valence-electron chi connectivity index (χ4n) is 3.67. The number of nitrogens with zero attached hydrogens (tertiary/aromatic N) is 2. The molecular weight excluding hydrogens is 338 g/mol. The summed E-state index contributed by atoms with van der Waals surface area (Å²) in [7, 11) is 0. The lowest BCUT2D eigenvalue weighted by atomic mass is 10.1. The van der Waals surface area contributed by atoms with Crippen LogP contribution in [-0.4, -0.2) is 33.4 Å². The van der Waals surface area contributed by atoms with E-state index < -0.39 is 0 Å². The third-order valence-electron chi connectivity index (χ3n) is 5.32. The number of anilines is 1. The number of nitrogens with one attached hydrogen (secondary N) is 2. The molecule has 0 spiro atoms. The van der Waals surface area contributed by atoms with Gasteiger partial charge in [0.2, 0.25) is 0 Å². The maximum atomic E-state index is 12.4. The van der Waals surface area contributed by atoms with Gasteiger partial charge in [0.25, 0.3) is 5.91 Å². The Hall–Kier alpha value is -2.70. The highest BCUT2D eigenvalue weighted by molar-refractivity contribution is 6.04. The number of hydrogen-bond donors (Lipinski definition) is 3. The number of rotatable bonds is 5. The number of carbonyl (C=O) groups is 1. The van der Waals surface area contributed by atoms with Crippen LogP contribution in [0.15, 0.2) is 42.6 Å². The zero-order valence-corrected chi connectivity index (χ0v) is 15.5. The Balaban J connectivity index is 1.48. The molecule has 0 bridgehead atoms. The SMILES string of the molecule is C[C@H]1CCCN1Cc1cc2cnc(NC(=O)c3ccc(CN)cc3)cc2[nH]1. The number of carbonyl (C=O) groups excluding carboxylic acids is 1. The van der Waals surface area contributed by atoms with Gasteiger partial charge in [-0.2, -0.15) is 0 Å². The Morgan fingerprint density at radius 2 is 2.15 bits per heavy atom. The van der Waals surface area contributed by atoms with E-state index in [1.165, 1.54) is 18.5 Å². The van der Waals surface area contributed by atoms with Gasteiger partial charge in [-0.3, -0.25) is 9.69 Å². The Kier molecular flexibility index (Phi) is 4.92. The highest BCUT2D eigenvalue weighted by Crippen LogP contribution is 2.23. The Labute approximate surface area is 158 Å². The number of likely N-dealkylation sites (tertiary alicyclic amines) is 1. The summed E-state index contributed by atoms with van der Waals surface area (Å²) in [6.07, 6.45) is 4.34. The van der Waals surface area contributed by atoms with Crippen LogP contribution < -0.4 is 11.1 Å². The second-order valence-electron chi connectivity index (χ2n) is 7.27. The van der Waals surface area contributed by atoms with Crippen LogP contribution in [0.1, 0.15) is 41.4 Å². The van der Waals surface area contributed by atoms with Gasteiger partial charge >= 0.3 is 0 Å². The molecular formula is C21H25N5O. The van der Waals surface area contributed by atoms with Crippen LogP contribution in [-0.2, 0) is 13.1 Å². The number of fused-ring (bicyclic) bond motifs is 1. The van der Waals surface area contributed by atoms with Gasteiger partial charge < -0.3 is 16.0 Å². The van der Waals surface area contributed by atoms with Gasteiger partial charge in [-0.25, -0.2) is 4.98 Å². The molecule has 1 aliphatic heterocycles. The van der Waals surface area contributed by atoms with Crippen molar-refractivity contribution in [3.8, 4) is 0 Å². The first-order valence-electron chi connectivity index (χ1n) is 9.44. The molecule has 1 saturated heterocycles.